The number of furan rings is 1. The SMILES string of the molecule is COc1cc2ccccc2cc1C(=O)Nc1nc(-c2ccc(CNC(C)=O)o2)cs1. The number of rotatable bonds is 6. The second-order valence-electron chi connectivity index (χ2n) is 6.57. The third-order valence-corrected chi connectivity index (χ3v) is 5.22. The number of fused-ring (bicyclic) bond motifs is 1. The third kappa shape index (κ3) is 4.18. The molecule has 0 radical (unpaired) electrons. The lowest BCUT2D eigenvalue weighted by Gasteiger charge is -2.10. The second kappa shape index (κ2) is 8.38. The van der Waals surface area contributed by atoms with Crippen LogP contribution in [0, 0.1) is 0 Å². The minimum atomic E-state index is -0.302. The van der Waals surface area contributed by atoms with E-state index in [1.807, 2.05) is 30.3 Å². The molecule has 0 atom stereocenters. The highest BCUT2D eigenvalue weighted by Crippen LogP contribution is 2.29. The Kier molecular flexibility index (Phi) is 5.49. The number of nitrogens with one attached hydrogen (secondary N) is 2. The van der Waals surface area contributed by atoms with Crippen molar-refractivity contribution in [1.29, 1.82) is 0 Å². The Balaban J connectivity index is 1.52. The molecule has 0 bridgehead atoms. The fourth-order valence-corrected chi connectivity index (χ4v) is 3.69. The number of hydrogen-bond acceptors (Lipinski definition) is 6. The maximum absolute atomic E-state index is 12.8. The van der Waals surface area contributed by atoms with E-state index >= 15 is 0 Å². The van der Waals surface area contributed by atoms with Gasteiger partial charge in [-0.3, -0.25) is 14.9 Å². The van der Waals surface area contributed by atoms with Crippen molar-refractivity contribution < 1.29 is 18.7 Å². The Labute approximate surface area is 176 Å². The van der Waals surface area contributed by atoms with Gasteiger partial charge in [-0.1, -0.05) is 24.3 Å². The molecule has 2 aromatic carbocycles. The van der Waals surface area contributed by atoms with Crippen LogP contribution in [0.15, 0.2) is 58.3 Å². The normalized spacial score (nSPS) is 10.7. The minimum absolute atomic E-state index is 0.129. The van der Waals surface area contributed by atoms with Gasteiger partial charge in [0, 0.05) is 12.3 Å². The highest BCUT2D eigenvalue weighted by molar-refractivity contribution is 7.14. The molecule has 2 aromatic heterocycles. The van der Waals surface area contributed by atoms with Crippen LogP contribution in [0.3, 0.4) is 0 Å². The number of carbonyl (C=O) groups excluding carboxylic acids is 2. The van der Waals surface area contributed by atoms with Crippen molar-refractivity contribution in [3.05, 3.63) is 65.2 Å². The molecule has 0 unspecified atom stereocenters. The first kappa shape index (κ1) is 19.7. The van der Waals surface area contributed by atoms with Crippen molar-refractivity contribution in [2.75, 3.05) is 12.4 Å². The van der Waals surface area contributed by atoms with E-state index in [1.165, 1.54) is 25.4 Å². The van der Waals surface area contributed by atoms with Crippen LogP contribution in [0.1, 0.15) is 23.0 Å². The summed E-state index contributed by atoms with van der Waals surface area (Å²) in [7, 11) is 1.54. The molecule has 152 valence electrons. The molecule has 0 aliphatic rings. The van der Waals surface area contributed by atoms with Crippen molar-refractivity contribution >= 4 is 39.1 Å². The number of carbonyl (C=O) groups is 2. The quantitative estimate of drug-likeness (QED) is 0.480. The molecule has 0 saturated heterocycles. The van der Waals surface area contributed by atoms with Gasteiger partial charge in [-0.25, -0.2) is 4.98 Å². The van der Waals surface area contributed by atoms with Crippen molar-refractivity contribution in [1.82, 2.24) is 10.3 Å². The molecule has 4 aromatic rings. The van der Waals surface area contributed by atoms with E-state index in [0.29, 0.717) is 40.2 Å². The largest absolute Gasteiger partial charge is 0.496 e. The first-order valence-corrected chi connectivity index (χ1v) is 10.1. The maximum Gasteiger partial charge on any atom is 0.261 e. The van der Waals surface area contributed by atoms with Gasteiger partial charge in [0.15, 0.2) is 10.9 Å². The monoisotopic (exact) mass is 421 g/mol. The van der Waals surface area contributed by atoms with Crippen molar-refractivity contribution in [3.63, 3.8) is 0 Å². The van der Waals surface area contributed by atoms with Gasteiger partial charge >= 0.3 is 0 Å². The summed E-state index contributed by atoms with van der Waals surface area (Å²) in [5.41, 5.74) is 1.04. The number of benzene rings is 2. The van der Waals surface area contributed by atoms with Gasteiger partial charge < -0.3 is 14.5 Å². The van der Waals surface area contributed by atoms with E-state index in [-0.39, 0.29) is 11.8 Å². The number of methoxy groups -OCH3 is 1. The molecule has 30 heavy (non-hydrogen) atoms. The molecule has 2 N–H and O–H groups in total. The van der Waals surface area contributed by atoms with E-state index < -0.39 is 0 Å². The van der Waals surface area contributed by atoms with Gasteiger partial charge in [-0.15, -0.1) is 11.3 Å². The smallest absolute Gasteiger partial charge is 0.261 e. The van der Waals surface area contributed by atoms with Gasteiger partial charge in [-0.05, 0) is 35.0 Å². The zero-order chi connectivity index (χ0) is 21.1. The van der Waals surface area contributed by atoms with E-state index in [0.717, 1.165) is 10.8 Å². The molecule has 2 amide bonds. The Bertz CT molecular complexity index is 1230. The Morgan fingerprint density at radius 3 is 2.63 bits per heavy atom. The van der Waals surface area contributed by atoms with E-state index in [4.69, 9.17) is 9.15 Å². The average molecular weight is 421 g/mol. The molecular weight excluding hydrogens is 402 g/mol. The summed E-state index contributed by atoms with van der Waals surface area (Å²) in [4.78, 5) is 28.3. The van der Waals surface area contributed by atoms with Crippen LogP contribution in [0.2, 0.25) is 0 Å². The molecule has 2 heterocycles. The number of aromatic nitrogens is 1. The van der Waals surface area contributed by atoms with Crippen LogP contribution in [0.4, 0.5) is 5.13 Å². The molecular formula is C22H19N3O4S. The molecule has 0 fully saturated rings. The van der Waals surface area contributed by atoms with Crippen LogP contribution in [-0.4, -0.2) is 23.9 Å². The highest BCUT2D eigenvalue weighted by atomic mass is 32.1. The van der Waals surface area contributed by atoms with Crippen LogP contribution < -0.4 is 15.4 Å². The third-order valence-electron chi connectivity index (χ3n) is 4.46. The topological polar surface area (TPSA) is 93.5 Å². The average Bonchev–Trinajstić information content (AvgIpc) is 3.40. The van der Waals surface area contributed by atoms with Crippen molar-refractivity contribution in [2.24, 2.45) is 0 Å². The van der Waals surface area contributed by atoms with Gasteiger partial charge in [-0.2, -0.15) is 0 Å². The lowest BCUT2D eigenvalue weighted by Crippen LogP contribution is -2.18. The molecule has 0 aliphatic heterocycles. The maximum atomic E-state index is 12.8. The minimum Gasteiger partial charge on any atom is -0.496 e. The lowest BCUT2D eigenvalue weighted by atomic mass is 10.1. The number of ether oxygens (including phenoxy) is 1. The zero-order valence-electron chi connectivity index (χ0n) is 16.4. The lowest BCUT2D eigenvalue weighted by molar-refractivity contribution is -0.119. The van der Waals surface area contributed by atoms with E-state index in [9.17, 15) is 9.59 Å². The number of amides is 2. The molecule has 0 spiro atoms. The summed E-state index contributed by atoms with van der Waals surface area (Å²) in [6.45, 7) is 1.76. The summed E-state index contributed by atoms with van der Waals surface area (Å²) in [5, 5.41) is 9.70. The summed E-state index contributed by atoms with van der Waals surface area (Å²) in [6.07, 6.45) is 0. The molecule has 0 saturated carbocycles. The van der Waals surface area contributed by atoms with E-state index in [2.05, 4.69) is 15.6 Å². The number of nitrogens with zero attached hydrogens (tertiary/aromatic N) is 1. The summed E-state index contributed by atoms with van der Waals surface area (Å²) >= 11 is 1.30. The number of thiazole rings is 1. The standard InChI is InChI=1S/C22H19N3O4S/c1-13(26)23-11-16-7-8-19(29-16)18-12-30-22(24-18)25-21(27)17-9-14-5-3-4-6-15(14)10-20(17)28-2/h3-10,12H,11H2,1-2H3,(H,23,26)(H,24,25,27). The first-order valence-electron chi connectivity index (χ1n) is 9.20. The summed E-state index contributed by atoms with van der Waals surface area (Å²) in [5.74, 6) is 1.26. The Hall–Kier alpha value is -3.65. The Morgan fingerprint density at radius 2 is 1.90 bits per heavy atom. The summed E-state index contributed by atoms with van der Waals surface area (Å²) < 4.78 is 11.1. The van der Waals surface area contributed by atoms with Crippen LogP contribution >= 0.6 is 11.3 Å². The summed E-state index contributed by atoms with van der Waals surface area (Å²) in [6, 6.07) is 15.0. The van der Waals surface area contributed by atoms with E-state index in [1.54, 1.807) is 23.6 Å². The van der Waals surface area contributed by atoms with Crippen LogP contribution in [0.5, 0.6) is 5.75 Å². The van der Waals surface area contributed by atoms with Gasteiger partial charge in [0.2, 0.25) is 5.91 Å². The molecule has 8 heteroatoms. The number of anilines is 1. The Morgan fingerprint density at radius 1 is 1.13 bits per heavy atom. The number of hydrogen-bond donors (Lipinski definition) is 2. The predicted octanol–water partition coefficient (Wildman–Crippen LogP) is 4.45. The first-order chi connectivity index (χ1) is 14.5. The molecule has 0 aliphatic carbocycles. The predicted molar refractivity (Wildman–Crippen MR) is 116 cm³/mol. The highest BCUT2D eigenvalue weighted by Gasteiger charge is 2.16. The van der Waals surface area contributed by atoms with Crippen LogP contribution in [0.25, 0.3) is 22.2 Å². The molecule has 7 nitrogen and oxygen atoms in total. The van der Waals surface area contributed by atoms with Crippen LogP contribution in [-0.2, 0) is 11.3 Å². The van der Waals surface area contributed by atoms with Gasteiger partial charge in [0.1, 0.15) is 17.2 Å². The molecule has 4 rings (SSSR count). The zero-order valence-corrected chi connectivity index (χ0v) is 17.2. The fraction of sp³-hybridized carbons (Fsp3) is 0.136. The van der Waals surface area contributed by atoms with Gasteiger partial charge in [0.05, 0.1) is 19.2 Å². The van der Waals surface area contributed by atoms with Crippen molar-refractivity contribution in [3.8, 4) is 17.2 Å². The van der Waals surface area contributed by atoms with Crippen molar-refractivity contribution in [2.45, 2.75) is 13.5 Å². The van der Waals surface area contributed by atoms with Gasteiger partial charge in [0.25, 0.3) is 5.91 Å². The fourth-order valence-electron chi connectivity index (χ4n) is 3.00. The second-order valence-corrected chi connectivity index (χ2v) is 7.43.